The van der Waals surface area contributed by atoms with E-state index in [1.54, 1.807) is 4.68 Å². The van der Waals surface area contributed by atoms with Crippen LogP contribution in [-0.2, 0) is 6.54 Å². The summed E-state index contributed by atoms with van der Waals surface area (Å²) in [5.41, 5.74) is 0. The van der Waals surface area contributed by atoms with Crippen molar-refractivity contribution in [2.75, 3.05) is 0 Å². The van der Waals surface area contributed by atoms with E-state index in [1.165, 1.54) is 6.33 Å². The minimum absolute atomic E-state index is 0.195. The third kappa shape index (κ3) is 2.92. The maximum atomic E-state index is 8.43. The van der Waals surface area contributed by atoms with Crippen molar-refractivity contribution in [3.63, 3.8) is 0 Å². The van der Waals surface area contributed by atoms with Crippen LogP contribution in [0.15, 0.2) is 6.33 Å². The van der Waals surface area contributed by atoms with Gasteiger partial charge < -0.3 is 0 Å². The number of rotatable bonds is 4. The van der Waals surface area contributed by atoms with E-state index in [2.05, 4.69) is 16.2 Å². The van der Waals surface area contributed by atoms with Crippen LogP contribution in [0.25, 0.3) is 0 Å². The lowest BCUT2D eigenvalue weighted by molar-refractivity contribution is 0.559. The van der Waals surface area contributed by atoms with E-state index in [9.17, 15) is 0 Å². The topological polar surface area (TPSA) is 78.3 Å². The van der Waals surface area contributed by atoms with E-state index < -0.39 is 0 Å². The number of hydrogen-bond donors (Lipinski definition) is 0. The normalized spacial score (nSPS) is 9.08. The highest BCUT2D eigenvalue weighted by Crippen LogP contribution is 1.97. The van der Waals surface area contributed by atoms with E-state index in [4.69, 9.17) is 10.5 Å². The molecule has 0 aliphatic rings. The summed E-state index contributed by atoms with van der Waals surface area (Å²) in [5.74, 6) is 0.195. The van der Waals surface area contributed by atoms with Crippen molar-refractivity contribution in [3.8, 4) is 12.1 Å². The molecular formula is C8H9N5. The standard InChI is InChI=1S/C8H9N5/c9-4-2-1-3-5-13-7-11-8(6-10)12-13/h7H,1-3,5H2. The zero-order valence-corrected chi connectivity index (χ0v) is 7.14. The van der Waals surface area contributed by atoms with E-state index in [0.717, 1.165) is 19.4 Å². The molecule has 1 aromatic rings. The van der Waals surface area contributed by atoms with Gasteiger partial charge in [0.1, 0.15) is 12.4 Å². The van der Waals surface area contributed by atoms with Crippen LogP contribution in [0.2, 0.25) is 0 Å². The van der Waals surface area contributed by atoms with Crippen molar-refractivity contribution in [3.05, 3.63) is 12.2 Å². The minimum Gasteiger partial charge on any atom is -0.252 e. The number of hydrogen-bond acceptors (Lipinski definition) is 4. The van der Waals surface area contributed by atoms with Crippen molar-refractivity contribution < 1.29 is 0 Å². The predicted octanol–water partition coefficient (Wildman–Crippen LogP) is 0.844. The van der Waals surface area contributed by atoms with Gasteiger partial charge >= 0.3 is 0 Å². The third-order valence-corrected chi connectivity index (χ3v) is 1.56. The molecule has 0 N–H and O–H groups in total. The SMILES string of the molecule is N#CCCCCn1cnc(C#N)n1. The second-order valence-electron chi connectivity index (χ2n) is 2.56. The van der Waals surface area contributed by atoms with Crippen LogP contribution in [0.5, 0.6) is 0 Å². The molecule has 1 aromatic heterocycles. The summed E-state index contributed by atoms with van der Waals surface area (Å²) < 4.78 is 1.62. The van der Waals surface area contributed by atoms with Crippen LogP contribution in [0.4, 0.5) is 0 Å². The van der Waals surface area contributed by atoms with Crippen LogP contribution >= 0.6 is 0 Å². The molecular weight excluding hydrogens is 166 g/mol. The number of aromatic nitrogens is 3. The molecule has 5 nitrogen and oxygen atoms in total. The molecule has 0 unspecified atom stereocenters. The minimum atomic E-state index is 0.195. The average molecular weight is 175 g/mol. The highest BCUT2D eigenvalue weighted by atomic mass is 15.3. The van der Waals surface area contributed by atoms with Crippen LogP contribution in [0.1, 0.15) is 25.1 Å². The van der Waals surface area contributed by atoms with Crippen molar-refractivity contribution in [2.24, 2.45) is 0 Å². The number of nitrogens with zero attached hydrogens (tertiary/aromatic N) is 5. The van der Waals surface area contributed by atoms with E-state index in [0.29, 0.717) is 6.42 Å². The molecule has 1 rings (SSSR count). The van der Waals surface area contributed by atoms with E-state index >= 15 is 0 Å². The van der Waals surface area contributed by atoms with Gasteiger partial charge in [-0.05, 0) is 12.8 Å². The van der Waals surface area contributed by atoms with Gasteiger partial charge in [-0.3, -0.25) is 4.68 Å². The fraction of sp³-hybridized carbons (Fsp3) is 0.500. The van der Waals surface area contributed by atoms with Gasteiger partial charge in [-0.15, -0.1) is 5.10 Å². The number of nitriles is 2. The van der Waals surface area contributed by atoms with Crippen LogP contribution in [0, 0.1) is 22.7 Å². The van der Waals surface area contributed by atoms with Crippen LogP contribution in [0.3, 0.4) is 0 Å². The van der Waals surface area contributed by atoms with E-state index in [-0.39, 0.29) is 5.82 Å². The van der Waals surface area contributed by atoms with Crippen LogP contribution in [-0.4, -0.2) is 14.8 Å². The number of aryl methyl sites for hydroxylation is 1. The Labute approximate surface area is 76.2 Å². The molecule has 0 aromatic carbocycles. The molecule has 0 fully saturated rings. The maximum Gasteiger partial charge on any atom is 0.252 e. The summed E-state index contributed by atoms with van der Waals surface area (Å²) in [6.07, 6.45) is 3.85. The lowest BCUT2D eigenvalue weighted by Gasteiger charge is -1.96. The monoisotopic (exact) mass is 175 g/mol. The molecule has 5 heteroatoms. The molecule has 0 saturated carbocycles. The van der Waals surface area contributed by atoms with Gasteiger partial charge in [0.05, 0.1) is 6.07 Å². The van der Waals surface area contributed by atoms with Gasteiger partial charge in [0, 0.05) is 13.0 Å². The summed E-state index contributed by atoms with van der Waals surface area (Å²) in [6, 6.07) is 3.93. The molecule has 0 aliphatic carbocycles. The summed E-state index contributed by atoms with van der Waals surface area (Å²) in [4.78, 5) is 3.76. The van der Waals surface area contributed by atoms with Crippen molar-refractivity contribution >= 4 is 0 Å². The van der Waals surface area contributed by atoms with Gasteiger partial charge in [0.25, 0.3) is 5.82 Å². The Morgan fingerprint density at radius 1 is 1.38 bits per heavy atom. The Balaban J connectivity index is 2.30. The molecule has 66 valence electrons. The Morgan fingerprint density at radius 3 is 2.85 bits per heavy atom. The predicted molar refractivity (Wildman–Crippen MR) is 44.2 cm³/mol. The molecule has 0 amide bonds. The van der Waals surface area contributed by atoms with Crippen molar-refractivity contribution in [1.82, 2.24) is 14.8 Å². The van der Waals surface area contributed by atoms with Gasteiger partial charge in [0.15, 0.2) is 0 Å². The molecule has 0 atom stereocenters. The molecule has 0 saturated heterocycles. The second kappa shape index (κ2) is 4.89. The van der Waals surface area contributed by atoms with Crippen molar-refractivity contribution in [1.29, 1.82) is 10.5 Å². The zero-order valence-electron chi connectivity index (χ0n) is 7.14. The summed E-state index contributed by atoms with van der Waals surface area (Å²) in [5, 5.41) is 20.6. The van der Waals surface area contributed by atoms with Gasteiger partial charge in [-0.25, -0.2) is 4.98 Å². The zero-order chi connectivity index (χ0) is 9.52. The maximum absolute atomic E-state index is 8.43. The Bertz CT molecular complexity index is 340. The lowest BCUT2D eigenvalue weighted by Crippen LogP contribution is -1.98. The first kappa shape index (κ1) is 9.21. The fourth-order valence-electron chi connectivity index (χ4n) is 0.931. The molecule has 0 radical (unpaired) electrons. The summed E-state index contributed by atoms with van der Waals surface area (Å²) in [7, 11) is 0. The molecule has 0 aliphatic heterocycles. The molecule has 0 bridgehead atoms. The highest BCUT2D eigenvalue weighted by molar-refractivity contribution is 5.05. The fourth-order valence-corrected chi connectivity index (χ4v) is 0.931. The van der Waals surface area contributed by atoms with Gasteiger partial charge in [-0.2, -0.15) is 10.5 Å². The molecule has 13 heavy (non-hydrogen) atoms. The van der Waals surface area contributed by atoms with E-state index in [1.807, 2.05) is 6.07 Å². The smallest absolute Gasteiger partial charge is 0.252 e. The average Bonchev–Trinajstić information content (AvgIpc) is 2.60. The highest BCUT2D eigenvalue weighted by Gasteiger charge is 1.97. The van der Waals surface area contributed by atoms with Crippen molar-refractivity contribution in [2.45, 2.75) is 25.8 Å². The Morgan fingerprint density at radius 2 is 2.23 bits per heavy atom. The first-order valence-electron chi connectivity index (χ1n) is 4.03. The summed E-state index contributed by atoms with van der Waals surface area (Å²) in [6.45, 7) is 0.719. The van der Waals surface area contributed by atoms with Gasteiger partial charge in [-0.1, -0.05) is 0 Å². The quantitative estimate of drug-likeness (QED) is 0.635. The first-order chi connectivity index (χ1) is 6.36. The first-order valence-corrected chi connectivity index (χ1v) is 4.03. The van der Waals surface area contributed by atoms with Gasteiger partial charge in [0.2, 0.25) is 0 Å². The van der Waals surface area contributed by atoms with Crippen LogP contribution < -0.4 is 0 Å². The largest absolute Gasteiger partial charge is 0.252 e. The summed E-state index contributed by atoms with van der Waals surface area (Å²) >= 11 is 0. The third-order valence-electron chi connectivity index (χ3n) is 1.56. The lowest BCUT2D eigenvalue weighted by atomic mass is 10.2. The molecule has 0 spiro atoms. The number of unbranched alkanes of at least 4 members (excludes halogenated alkanes) is 2. The molecule has 1 heterocycles. The second-order valence-corrected chi connectivity index (χ2v) is 2.56. The Hall–Kier alpha value is -1.88. The Kier molecular flexibility index (Phi) is 3.46.